The molecule has 3 atom stereocenters. The van der Waals surface area contributed by atoms with E-state index in [-0.39, 0.29) is 6.42 Å². The van der Waals surface area contributed by atoms with Gasteiger partial charge in [0.05, 0.1) is 24.3 Å². The van der Waals surface area contributed by atoms with Crippen molar-refractivity contribution in [1.82, 2.24) is 9.55 Å². The molecule has 0 saturated heterocycles. The molecule has 1 fully saturated rings. The van der Waals surface area contributed by atoms with Crippen molar-refractivity contribution in [1.29, 1.82) is 0 Å². The van der Waals surface area contributed by atoms with Crippen LogP contribution in [0.5, 0.6) is 0 Å². The van der Waals surface area contributed by atoms with E-state index in [1.54, 1.807) is 6.92 Å². The van der Waals surface area contributed by atoms with Crippen LogP contribution in [0.4, 0.5) is 0 Å². The Morgan fingerprint density at radius 1 is 1.65 bits per heavy atom. The fraction of sp³-hybridized carbons (Fsp3) is 0.636. The molecule has 9 heteroatoms. The van der Waals surface area contributed by atoms with Crippen LogP contribution >= 0.6 is 0 Å². The molecule has 1 aliphatic carbocycles. The highest BCUT2D eigenvalue weighted by molar-refractivity contribution is 5.09. The quantitative estimate of drug-likeness (QED) is 0.392. The average molecular weight is 281 g/mol. The van der Waals surface area contributed by atoms with E-state index >= 15 is 0 Å². The molecular weight excluding hydrogens is 266 g/mol. The number of hydrogen-bond acceptors (Lipinski definition) is 5. The first-order valence-corrected chi connectivity index (χ1v) is 6.12. The summed E-state index contributed by atoms with van der Waals surface area (Å²) in [4.78, 5) is 28.0. The molecule has 0 aromatic carbocycles. The predicted octanol–water partition coefficient (Wildman–Crippen LogP) is -0.418. The normalized spacial score (nSPS) is 29.1. The van der Waals surface area contributed by atoms with Crippen molar-refractivity contribution in [2.75, 3.05) is 6.61 Å². The lowest BCUT2D eigenvalue weighted by Crippen LogP contribution is -2.44. The van der Waals surface area contributed by atoms with Gasteiger partial charge in [0.1, 0.15) is 0 Å². The summed E-state index contributed by atoms with van der Waals surface area (Å²) in [6.07, 6.45) is 0.765. The van der Waals surface area contributed by atoms with E-state index in [2.05, 4.69) is 15.0 Å². The minimum Gasteiger partial charge on any atom is -0.396 e. The number of nitrogens with one attached hydrogen (secondary N) is 1. The van der Waals surface area contributed by atoms with Crippen molar-refractivity contribution in [2.45, 2.75) is 37.5 Å². The summed E-state index contributed by atoms with van der Waals surface area (Å²) < 4.78 is 1.21. The number of aromatic nitrogens is 2. The molecule has 3 N–H and O–H groups in total. The number of hydrogen-bond donors (Lipinski definition) is 3. The molecule has 108 valence electrons. The van der Waals surface area contributed by atoms with Crippen LogP contribution < -0.4 is 11.2 Å². The Balaban J connectivity index is 2.47. The van der Waals surface area contributed by atoms with Crippen LogP contribution in [0.1, 0.15) is 24.4 Å². The highest BCUT2D eigenvalue weighted by atomic mass is 16.3. The SMILES string of the molecule is Cc1cn([C@@H]2CC[C@@](CO)(N=[N+]=[N-])[C@@H]2O)c(=O)[nH]c1=O. The number of H-pyrrole nitrogens is 1. The summed E-state index contributed by atoms with van der Waals surface area (Å²) in [6.45, 7) is 1.04. The molecule has 0 unspecified atom stereocenters. The lowest BCUT2D eigenvalue weighted by Gasteiger charge is -2.27. The number of aliphatic hydroxyl groups is 2. The van der Waals surface area contributed by atoms with Crippen molar-refractivity contribution in [3.8, 4) is 0 Å². The van der Waals surface area contributed by atoms with Crippen molar-refractivity contribution >= 4 is 0 Å². The monoisotopic (exact) mass is 281 g/mol. The van der Waals surface area contributed by atoms with Gasteiger partial charge in [-0.2, -0.15) is 0 Å². The lowest BCUT2D eigenvalue weighted by atomic mass is 9.97. The second kappa shape index (κ2) is 5.12. The maximum Gasteiger partial charge on any atom is 0.328 e. The van der Waals surface area contributed by atoms with Crippen LogP contribution in [0.25, 0.3) is 10.4 Å². The number of aliphatic hydroxyl groups excluding tert-OH is 2. The van der Waals surface area contributed by atoms with Gasteiger partial charge in [0.15, 0.2) is 0 Å². The minimum absolute atomic E-state index is 0.254. The summed E-state index contributed by atoms with van der Waals surface area (Å²) in [5.74, 6) is 0. The standard InChI is InChI=1S/C11H15N5O4/c1-6-4-16(10(20)13-9(6)19)7-2-3-11(5-17,8(7)18)14-15-12/h4,7-8,17-18H,2-3,5H2,1H3,(H,13,19,20)/t7-,8-,11+/m1/s1. The third-order valence-corrected chi connectivity index (χ3v) is 3.81. The topological polar surface area (TPSA) is 144 Å². The number of aryl methyl sites for hydroxylation is 1. The molecule has 1 aliphatic rings. The zero-order valence-corrected chi connectivity index (χ0v) is 10.9. The number of nitrogens with zero attached hydrogens (tertiary/aromatic N) is 4. The Bertz CT molecular complexity index is 674. The van der Waals surface area contributed by atoms with Crippen LogP contribution in [0.3, 0.4) is 0 Å². The summed E-state index contributed by atoms with van der Waals surface area (Å²) in [5, 5.41) is 23.2. The van der Waals surface area contributed by atoms with Crippen LogP contribution in [0, 0.1) is 6.92 Å². The Kier molecular flexibility index (Phi) is 3.67. The number of aromatic amines is 1. The smallest absolute Gasteiger partial charge is 0.328 e. The first-order valence-electron chi connectivity index (χ1n) is 6.12. The van der Waals surface area contributed by atoms with Gasteiger partial charge in [-0.25, -0.2) is 4.79 Å². The molecule has 9 nitrogen and oxygen atoms in total. The zero-order chi connectivity index (χ0) is 14.9. The first kappa shape index (κ1) is 14.3. The van der Waals surface area contributed by atoms with Crippen molar-refractivity contribution in [2.24, 2.45) is 5.11 Å². The Labute approximate surface area is 113 Å². The van der Waals surface area contributed by atoms with E-state index in [1.165, 1.54) is 10.8 Å². The van der Waals surface area contributed by atoms with E-state index in [9.17, 15) is 19.8 Å². The van der Waals surface area contributed by atoms with Crippen LogP contribution in [0.2, 0.25) is 0 Å². The van der Waals surface area contributed by atoms with E-state index < -0.39 is 35.5 Å². The molecule has 20 heavy (non-hydrogen) atoms. The second-order valence-corrected chi connectivity index (χ2v) is 4.98. The van der Waals surface area contributed by atoms with E-state index in [0.717, 1.165) is 0 Å². The molecule has 2 rings (SSSR count). The molecule has 1 aromatic heterocycles. The van der Waals surface area contributed by atoms with Gasteiger partial charge in [-0.15, -0.1) is 0 Å². The van der Waals surface area contributed by atoms with Gasteiger partial charge >= 0.3 is 5.69 Å². The molecule has 0 bridgehead atoms. The molecule has 0 aliphatic heterocycles. The summed E-state index contributed by atoms with van der Waals surface area (Å²) in [5.41, 5.74) is 6.43. The van der Waals surface area contributed by atoms with E-state index in [0.29, 0.717) is 12.0 Å². The van der Waals surface area contributed by atoms with Gasteiger partial charge in [-0.3, -0.25) is 14.3 Å². The molecule has 0 amide bonds. The highest BCUT2D eigenvalue weighted by Crippen LogP contribution is 2.40. The summed E-state index contributed by atoms with van der Waals surface area (Å²) in [7, 11) is 0. The Morgan fingerprint density at radius 2 is 2.35 bits per heavy atom. The summed E-state index contributed by atoms with van der Waals surface area (Å²) >= 11 is 0. The van der Waals surface area contributed by atoms with Gasteiger partial charge in [-0.1, -0.05) is 5.11 Å². The largest absolute Gasteiger partial charge is 0.396 e. The second-order valence-electron chi connectivity index (χ2n) is 4.98. The fourth-order valence-electron chi connectivity index (χ4n) is 2.59. The molecule has 0 radical (unpaired) electrons. The van der Waals surface area contributed by atoms with Crippen LogP contribution in [-0.4, -0.2) is 38.0 Å². The van der Waals surface area contributed by atoms with E-state index in [4.69, 9.17) is 5.53 Å². The highest BCUT2D eigenvalue weighted by Gasteiger charge is 2.48. The first-order chi connectivity index (χ1) is 9.45. The average Bonchev–Trinajstić information content (AvgIpc) is 2.73. The molecule has 0 spiro atoms. The minimum atomic E-state index is -1.33. The lowest BCUT2D eigenvalue weighted by molar-refractivity contribution is 0.0425. The molecule has 1 heterocycles. The maximum absolute atomic E-state index is 11.8. The number of azide groups is 1. The third kappa shape index (κ3) is 2.11. The fourth-order valence-corrected chi connectivity index (χ4v) is 2.59. The van der Waals surface area contributed by atoms with Gasteiger partial charge < -0.3 is 10.2 Å². The maximum atomic E-state index is 11.8. The molecule has 1 aromatic rings. The zero-order valence-electron chi connectivity index (χ0n) is 10.9. The molecular formula is C11H15N5O4. The Hall–Kier alpha value is -2.09. The van der Waals surface area contributed by atoms with Crippen molar-refractivity contribution < 1.29 is 10.2 Å². The van der Waals surface area contributed by atoms with Gasteiger partial charge in [0, 0.05) is 16.7 Å². The van der Waals surface area contributed by atoms with Crippen LogP contribution in [0.15, 0.2) is 20.9 Å². The third-order valence-electron chi connectivity index (χ3n) is 3.81. The van der Waals surface area contributed by atoms with Gasteiger partial charge in [-0.05, 0) is 25.3 Å². The van der Waals surface area contributed by atoms with Crippen molar-refractivity contribution in [3.63, 3.8) is 0 Å². The molecule has 1 saturated carbocycles. The Morgan fingerprint density at radius 3 is 2.95 bits per heavy atom. The summed E-state index contributed by atoms with van der Waals surface area (Å²) in [6, 6.07) is -0.657. The van der Waals surface area contributed by atoms with Crippen molar-refractivity contribution in [3.05, 3.63) is 43.0 Å². The van der Waals surface area contributed by atoms with E-state index in [1.807, 2.05) is 0 Å². The number of rotatable bonds is 3. The van der Waals surface area contributed by atoms with Crippen LogP contribution in [-0.2, 0) is 0 Å². The predicted molar refractivity (Wildman–Crippen MR) is 69.3 cm³/mol. The van der Waals surface area contributed by atoms with Gasteiger partial charge in [0.2, 0.25) is 0 Å². The van der Waals surface area contributed by atoms with Gasteiger partial charge in [0.25, 0.3) is 5.56 Å².